The first-order chi connectivity index (χ1) is 11.0. The van der Waals surface area contributed by atoms with E-state index in [0.717, 1.165) is 0 Å². The van der Waals surface area contributed by atoms with E-state index in [1.165, 1.54) is 22.8 Å². The van der Waals surface area contributed by atoms with Crippen LogP contribution < -0.4 is 15.8 Å². The maximum absolute atomic E-state index is 13.0. The van der Waals surface area contributed by atoms with Gasteiger partial charge in [0, 0.05) is 18.8 Å². The Bertz CT molecular complexity index is 929. The summed E-state index contributed by atoms with van der Waals surface area (Å²) < 4.78 is 24.6. The first kappa shape index (κ1) is 14.8. The number of nitrogens with one attached hydrogen (secondary N) is 1. The minimum Gasteiger partial charge on any atom is -0.484 e. The van der Waals surface area contributed by atoms with Gasteiger partial charge >= 0.3 is 5.76 Å². The number of hydrogen-bond donors (Lipinski definition) is 1. The molecule has 23 heavy (non-hydrogen) atoms. The summed E-state index contributed by atoms with van der Waals surface area (Å²) in [5.41, 5.74) is 1.51. The third-order valence-corrected chi connectivity index (χ3v) is 3.24. The number of ether oxygens (including phenoxy) is 1. The Hall–Kier alpha value is -3.09. The van der Waals surface area contributed by atoms with E-state index < -0.39 is 17.5 Å². The Balaban J connectivity index is 1.68. The molecule has 0 bridgehead atoms. The number of carbonyl (C=O) groups excluding carboxylic acids is 1. The zero-order valence-corrected chi connectivity index (χ0v) is 12.2. The summed E-state index contributed by atoms with van der Waals surface area (Å²) in [4.78, 5) is 23.3. The molecule has 1 N–H and O–H groups in total. The van der Waals surface area contributed by atoms with E-state index in [0.29, 0.717) is 16.8 Å². The second kappa shape index (κ2) is 5.96. The highest BCUT2D eigenvalue weighted by Crippen LogP contribution is 2.18. The molecule has 0 saturated heterocycles. The van der Waals surface area contributed by atoms with Gasteiger partial charge in [-0.05, 0) is 30.3 Å². The fourth-order valence-corrected chi connectivity index (χ4v) is 2.11. The number of amides is 1. The van der Waals surface area contributed by atoms with Gasteiger partial charge in [0.15, 0.2) is 12.2 Å². The van der Waals surface area contributed by atoms with Gasteiger partial charge in [0.25, 0.3) is 5.91 Å². The van der Waals surface area contributed by atoms with E-state index in [1.807, 2.05) is 0 Å². The van der Waals surface area contributed by atoms with Crippen molar-refractivity contribution in [1.82, 2.24) is 4.57 Å². The van der Waals surface area contributed by atoms with Gasteiger partial charge in [0.1, 0.15) is 11.6 Å². The van der Waals surface area contributed by atoms with Crippen LogP contribution in [0.4, 0.5) is 10.1 Å². The average Bonchev–Trinajstić information content (AvgIpc) is 2.80. The quantitative estimate of drug-likeness (QED) is 0.801. The summed E-state index contributed by atoms with van der Waals surface area (Å²) in [5.74, 6) is -1.04. The monoisotopic (exact) mass is 316 g/mol. The summed E-state index contributed by atoms with van der Waals surface area (Å²) in [7, 11) is 1.58. The van der Waals surface area contributed by atoms with Crippen molar-refractivity contribution < 1.29 is 18.3 Å². The number of carbonyl (C=O) groups is 1. The van der Waals surface area contributed by atoms with Crippen molar-refractivity contribution >= 4 is 22.7 Å². The van der Waals surface area contributed by atoms with Gasteiger partial charge in [0.05, 0.1) is 5.52 Å². The van der Waals surface area contributed by atoms with Crippen molar-refractivity contribution in [3.8, 4) is 5.75 Å². The summed E-state index contributed by atoms with van der Waals surface area (Å²) in [5, 5.41) is 2.64. The van der Waals surface area contributed by atoms with Crippen molar-refractivity contribution in [2.45, 2.75) is 0 Å². The summed E-state index contributed by atoms with van der Waals surface area (Å²) in [6, 6.07) is 10.4. The molecule has 2 aromatic carbocycles. The standard InChI is InChI=1S/C16H13FN2O4/c1-19-13-8-11(5-6-14(13)23-16(19)21)18-15(20)9-22-12-4-2-3-10(17)7-12/h2-8H,9H2,1H3,(H,18,20). The topological polar surface area (TPSA) is 73.5 Å². The maximum Gasteiger partial charge on any atom is 0.419 e. The zero-order chi connectivity index (χ0) is 16.4. The molecule has 0 atom stereocenters. The molecule has 0 aliphatic carbocycles. The highest BCUT2D eigenvalue weighted by molar-refractivity contribution is 5.93. The third kappa shape index (κ3) is 3.23. The second-order valence-electron chi connectivity index (χ2n) is 4.90. The van der Waals surface area contributed by atoms with E-state index in [-0.39, 0.29) is 12.4 Å². The fourth-order valence-electron chi connectivity index (χ4n) is 2.11. The van der Waals surface area contributed by atoms with Crippen LogP contribution in [-0.4, -0.2) is 17.1 Å². The number of anilines is 1. The zero-order valence-electron chi connectivity index (χ0n) is 12.2. The van der Waals surface area contributed by atoms with Crippen molar-refractivity contribution in [3.63, 3.8) is 0 Å². The number of rotatable bonds is 4. The number of oxazole rings is 1. The molecule has 7 heteroatoms. The van der Waals surface area contributed by atoms with E-state index in [4.69, 9.17) is 9.15 Å². The van der Waals surface area contributed by atoms with Gasteiger partial charge in [0.2, 0.25) is 0 Å². The van der Waals surface area contributed by atoms with E-state index in [2.05, 4.69) is 5.32 Å². The number of nitrogens with zero attached hydrogens (tertiary/aromatic N) is 1. The number of benzene rings is 2. The molecule has 0 saturated carbocycles. The normalized spacial score (nSPS) is 10.7. The van der Waals surface area contributed by atoms with Crippen LogP contribution in [0.15, 0.2) is 51.7 Å². The molecule has 0 fully saturated rings. The minimum atomic E-state index is -0.474. The number of halogens is 1. The molecule has 6 nitrogen and oxygen atoms in total. The molecule has 1 aromatic heterocycles. The van der Waals surface area contributed by atoms with Crippen molar-refractivity contribution in [1.29, 1.82) is 0 Å². The van der Waals surface area contributed by atoms with Crippen LogP contribution in [0.3, 0.4) is 0 Å². The maximum atomic E-state index is 13.0. The molecule has 1 amide bonds. The molecular formula is C16H13FN2O4. The molecule has 0 aliphatic rings. The van der Waals surface area contributed by atoms with Gasteiger partial charge in [-0.25, -0.2) is 9.18 Å². The Morgan fingerprint density at radius 1 is 1.30 bits per heavy atom. The van der Waals surface area contributed by atoms with E-state index in [1.54, 1.807) is 31.3 Å². The van der Waals surface area contributed by atoms with E-state index >= 15 is 0 Å². The largest absolute Gasteiger partial charge is 0.484 e. The summed E-state index contributed by atoms with van der Waals surface area (Å²) in [6.07, 6.45) is 0. The smallest absolute Gasteiger partial charge is 0.419 e. The molecule has 1 heterocycles. The number of fused-ring (bicyclic) bond motifs is 1. The van der Waals surface area contributed by atoms with Crippen LogP contribution in [-0.2, 0) is 11.8 Å². The average molecular weight is 316 g/mol. The van der Waals surface area contributed by atoms with Crippen LogP contribution in [0.25, 0.3) is 11.1 Å². The lowest BCUT2D eigenvalue weighted by Gasteiger charge is -2.07. The first-order valence-corrected chi connectivity index (χ1v) is 6.81. The Morgan fingerprint density at radius 2 is 2.13 bits per heavy atom. The van der Waals surface area contributed by atoms with Crippen LogP contribution in [0.2, 0.25) is 0 Å². The molecule has 0 aliphatic heterocycles. The molecular weight excluding hydrogens is 303 g/mol. The highest BCUT2D eigenvalue weighted by Gasteiger charge is 2.09. The SMILES string of the molecule is Cn1c(=O)oc2ccc(NC(=O)COc3cccc(F)c3)cc21. The van der Waals surface area contributed by atoms with Crippen LogP contribution in [0.5, 0.6) is 5.75 Å². The van der Waals surface area contributed by atoms with Gasteiger partial charge in [-0.15, -0.1) is 0 Å². The predicted octanol–water partition coefficient (Wildman–Crippen LogP) is 2.29. The first-order valence-electron chi connectivity index (χ1n) is 6.81. The van der Waals surface area contributed by atoms with Crippen molar-refractivity contribution in [2.24, 2.45) is 7.05 Å². The molecule has 3 rings (SSSR count). The van der Waals surface area contributed by atoms with Gasteiger partial charge in [-0.2, -0.15) is 0 Å². The van der Waals surface area contributed by atoms with Crippen LogP contribution in [0, 0.1) is 5.82 Å². The number of aryl methyl sites for hydroxylation is 1. The predicted molar refractivity (Wildman–Crippen MR) is 82.0 cm³/mol. The number of aromatic nitrogens is 1. The Labute approximate surface area is 130 Å². The summed E-state index contributed by atoms with van der Waals surface area (Å²) >= 11 is 0. The Kier molecular flexibility index (Phi) is 3.84. The van der Waals surface area contributed by atoms with Gasteiger partial charge in [-0.3, -0.25) is 9.36 Å². The van der Waals surface area contributed by atoms with Crippen molar-refractivity contribution in [3.05, 3.63) is 58.8 Å². The molecule has 118 valence electrons. The number of hydrogen-bond acceptors (Lipinski definition) is 4. The molecule has 0 unspecified atom stereocenters. The molecule has 0 radical (unpaired) electrons. The van der Waals surface area contributed by atoms with Gasteiger partial charge < -0.3 is 14.5 Å². The fraction of sp³-hybridized carbons (Fsp3) is 0.125. The highest BCUT2D eigenvalue weighted by atomic mass is 19.1. The second-order valence-corrected chi connectivity index (χ2v) is 4.90. The van der Waals surface area contributed by atoms with Crippen LogP contribution >= 0.6 is 0 Å². The van der Waals surface area contributed by atoms with Crippen LogP contribution in [0.1, 0.15) is 0 Å². The third-order valence-electron chi connectivity index (χ3n) is 3.24. The lowest BCUT2D eigenvalue weighted by molar-refractivity contribution is -0.118. The van der Waals surface area contributed by atoms with E-state index in [9.17, 15) is 14.0 Å². The molecule has 0 spiro atoms. The summed E-state index contributed by atoms with van der Waals surface area (Å²) in [6.45, 7) is -0.258. The molecule has 3 aromatic rings. The lowest BCUT2D eigenvalue weighted by atomic mass is 10.3. The van der Waals surface area contributed by atoms with Crippen molar-refractivity contribution in [2.75, 3.05) is 11.9 Å². The Morgan fingerprint density at radius 3 is 2.91 bits per heavy atom. The lowest BCUT2D eigenvalue weighted by Crippen LogP contribution is -2.20. The van der Waals surface area contributed by atoms with Gasteiger partial charge in [-0.1, -0.05) is 6.07 Å². The minimum absolute atomic E-state index is 0.258.